The molecule has 0 atom stereocenters. The van der Waals surface area contributed by atoms with E-state index in [1.54, 1.807) is 19.2 Å². The van der Waals surface area contributed by atoms with Gasteiger partial charge in [0.05, 0.1) is 19.8 Å². The number of esters is 1. The van der Waals surface area contributed by atoms with Gasteiger partial charge in [0.15, 0.2) is 11.6 Å². The van der Waals surface area contributed by atoms with Crippen LogP contribution in [0.4, 0.5) is 0 Å². The van der Waals surface area contributed by atoms with Crippen LogP contribution in [0.2, 0.25) is 0 Å². The number of rotatable bonds is 5. The molecule has 0 N–H and O–H groups in total. The van der Waals surface area contributed by atoms with Crippen molar-refractivity contribution in [3.63, 3.8) is 0 Å². The zero-order valence-electron chi connectivity index (χ0n) is 18.1. The Hall–Kier alpha value is -3.21. The van der Waals surface area contributed by atoms with Crippen LogP contribution in [-0.2, 0) is 19.7 Å². The Morgan fingerprint density at radius 1 is 1.00 bits per heavy atom. The summed E-state index contributed by atoms with van der Waals surface area (Å²) in [6.07, 6.45) is 2.94. The van der Waals surface area contributed by atoms with Crippen molar-refractivity contribution < 1.29 is 23.9 Å². The molecule has 5 nitrogen and oxygen atoms in total. The fourth-order valence-corrected chi connectivity index (χ4v) is 5.03. The van der Waals surface area contributed by atoms with Gasteiger partial charge in [0.2, 0.25) is 0 Å². The Morgan fingerprint density at radius 3 is 2.26 bits per heavy atom. The van der Waals surface area contributed by atoms with E-state index in [0.717, 1.165) is 40.7 Å². The van der Waals surface area contributed by atoms with Crippen LogP contribution >= 0.6 is 0 Å². The smallest absolute Gasteiger partial charge is 0.337 e. The largest absolute Gasteiger partial charge is 0.497 e. The molecule has 0 radical (unpaired) electrons. The lowest BCUT2D eigenvalue weighted by Gasteiger charge is -2.35. The molecule has 5 heteroatoms. The van der Waals surface area contributed by atoms with Crippen molar-refractivity contribution in [2.45, 2.75) is 44.4 Å². The predicted molar refractivity (Wildman–Crippen MR) is 118 cm³/mol. The minimum absolute atomic E-state index is 0.0479. The summed E-state index contributed by atoms with van der Waals surface area (Å²) in [5.74, 6) is 0.176. The van der Waals surface area contributed by atoms with Crippen molar-refractivity contribution in [2.24, 2.45) is 0 Å². The van der Waals surface area contributed by atoms with Crippen LogP contribution in [0.5, 0.6) is 5.75 Å². The average molecular weight is 418 g/mol. The number of benzene rings is 2. The number of carbonyl (C=O) groups is 3. The molecule has 0 heterocycles. The molecule has 2 aliphatic carbocycles. The number of ether oxygens (including phenoxy) is 2. The molecule has 1 spiro atoms. The summed E-state index contributed by atoms with van der Waals surface area (Å²) in [4.78, 5) is 39.0. The highest BCUT2D eigenvalue weighted by molar-refractivity contribution is 6.30. The highest BCUT2D eigenvalue weighted by Gasteiger charge is 2.56. The summed E-state index contributed by atoms with van der Waals surface area (Å²) in [6.45, 7) is 2.08. The lowest BCUT2D eigenvalue weighted by molar-refractivity contribution is -0.135. The topological polar surface area (TPSA) is 69.7 Å². The maximum atomic E-state index is 13.5. The summed E-state index contributed by atoms with van der Waals surface area (Å²) in [6, 6.07) is 12.6. The van der Waals surface area contributed by atoms with Crippen molar-refractivity contribution in [1.82, 2.24) is 0 Å². The normalized spacial score (nSPS) is 17.1. The molecule has 1 fully saturated rings. The lowest BCUT2D eigenvalue weighted by Crippen LogP contribution is -2.46. The van der Waals surface area contributed by atoms with Gasteiger partial charge >= 0.3 is 5.97 Å². The van der Waals surface area contributed by atoms with E-state index in [-0.39, 0.29) is 11.6 Å². The number of ketones is 2. The molecule has 0 unspecified atom stereocenters. The molecule has 4 rings (SSSR count). The molecule has 160 valence electrons. The van der Waals surface area contributed by atoms with E-state index in [1.807, 2.05) is 30.3 Å². The molecule has 1 saturated carbocycles. The monoisotopic (exact) mass is 418 g/mol. The van der Waals surface area contributed by atoms with Crippen LogP contribution in [-0.4, -0.2) is 31.8 Å². The fraction of sp³-hybridized carbons (Fsp3) is 0.346. The summed E-state index contributed by atoms with van der Waals surface area (Å²) in [5.41, 5.74) is 3.38. The van der Waals surface area contributed by atoms with Crippen molar-refractivity contribution in [3.8, 4) is 5.75 Å². The van der Waals surface area contributed by atoms with Gasteiger partial charge in [0, 0.05) is 12.8 Å². The van der Waals surface area contributed by atoms with E-state index in [1.165, 1.54) is 7.11 Å². The second kappa shape index (κ2) is 8.14. The van der Waals surface area contributed by atoms with Gasteiger partial charge in [-0.1, -0.05) is 31.5 Å². The number of carbonyl (C=O) groups excluding carboxylic acids is 3. The van der Waals surface area contributed by atoms with E-state index in [4.69, 9.17) is 9.47 Å². The standard InChI is InChI=1S/C26H26O5/c1-4-6-19-20-15-18(30-2)13-14-21(20)26(22(27)7-5-8-23(26)28)24(19)16-9-11-17(12-10-16)25(29)31-3/h9-15H,4-8H2,1-3H3. The molecule has 0 amide bonds. The van der Waals surface area contributed by atoms with Crippen LogP contribution in [0.25, 0.3) is 11.1 Å². The number of Topliss-reactive ketones (excluding diaryl/α,β-unsaturated/α-hetero) is 2. The second-order valence-electron chi connectivity index (χ2n) is 8.03. The highest BCUT2D eigenvalue weighted by atomic mass is 16.5. The van der Waals surface area contributed by atoms with Gasteiger partial charge in [-0.05, 0) is 64.9 Å². The molecule has 2 aromatic rings. The first kappa shape index (κ1) is 21.0. The third kappa shape index (κ3) is 3.11. The molecular formula is C26H26O5. The molecule has 0 bridgehead atoms. The zero-order chi connectivity index (χ0) is 22.2. The highest BCUT2D eigenvalue weighted by Crippen LogP contribution is 2.56. The molecular weight excluding hydrogens is 392 g/mol. The first-order valence-corrected chi connectivity index (χ1v) is 10.7. The average Bonchev–Trinajstić information content (AvgIpc) is 3.08. The Bertz CT molecular complexity index is 1080. The van der Waals surface area contributed by atoms with Gasteiger partial charge in [-0.25, -0.2) is 4.79 Å². The van der Waals surface area contributed by atoms with E-state index in [0.29, 0.717) is 30.6 Å². The molecule has 31 heavy (non-hydrogen) atoms. The lowest BCUT2D eigenvalue weighted by atomic mass is 9.63. The van der Waals surface area contributed by atoms with Crippen LogP contribution in [0.3, 0.4) is 0 Å². The van der Waals surface area contributed by atoms with Gasteiger partial charge in [-0.2, -0.15) is 0 Å². The first-order valence-electron chi connectivity index (χ1n) is 10.7. The molecule has 2 aromatic carbocycles. The summed E-state index contributed by atoms with van der Waals surface area (Å²) < 4.78 is 10.3. The predicted octanol–water partition coefficient (Wildman–Crippen LogP) is 4.77. The van der Waals surface area contributed by atoms with Gasteiger partial charge < -0.3 is 9.47 Å². The van der Waals surface area contributed by atoms with E-state index >= 15 is 0 Å². The van der Waals surface area contributed by atoms with Crippen LogP contribution in [0, 0.1) is 0 Å². The van der Waals surface area contributed by atoms with Gasteiger partial charge in [0.25, 0.3) is 0 Å². The number of hydrogen-bond donors (Lipinski definition) is 0. The molecule has 0 aromatic heterocycles. The fourth-order valence-electron chi connectivity index (χ4n) is 5.03. The zero-order valence-corrected chi connectivity index (χ0v) is 18.1. The van der Waals surface area contributed by atoms with Gasteiger partial charge in [-0.3, -0.25) is 9.59 Å². The quantitative estimate of drug-likeness (QED) is 0.517. The Morgan fingerprint density at radius 2 is 1.68 bits per heavy atom. The summed E-state index contributed by atoms with van der Waals surface area (Å²) in [5, 5.41) is 0. The Kier molecular flexibility index (Phi) is 5.52. The number of methoxy groups -OCH3 is 2. The van der Waals surface area contributed by atoms with E-state index in [9.17, 15) is 14.4 Å². The molecule has 2 aliphatic rings. The van der Waals surface area contributed by atoms with Crippen molar-refractivity contribution >= 4 is 28.7 Å². The molecule has 0 saturated heterocycles. The van der Waals surface area contributed by atoms with Crippen LogP contribution < -0.4 is 4.74 Å². The number of allylic oxidation sites excluding steroid dienone is 2. The number of fused-ring (bicyclic) bond motifs is 2. The van der Waals surface area contributed by atoms with E-state index in [2.05, 4.69) is 6.92 Å². The van der Waals surface area contributed by atoms with Crippen molar-refractivity contribution in [1.29, 1.82) is 0 Å². The van der Waals surface area contributed by atoms with Gasteiger partial charge in [0.1, 0.15) is 11.2 Å². The maximum absolute atomic E-state index is 13.5. The third-order valence-corrected chi connectivity index (χ3v) is 6.37. The van der Waals surface area contributed by atoms with Crippen LogP contribution in [0.15, 0.2) is 42.5 Å². The van der Waals surface area contributed by atoms with Crippen molar-refractivity contribution in [2.75, 3.05) is 14.2 Å². The Balaban J connectivity index is 2.02. The summed E-state index contributed by atoms with van der Waals surface area (Å²) in [7, 11) is 2.95. The number of hydrogen-bond acceptors (Lipinski definition) is 5. The SMILES string of the molecule is CCCC1=C(c2ccc(C(=O)OC)cc2)C2(C(=O)CCCC2=O)c2ccc(OC)cc21. The summed E-state index contributed by atoms with van der Waals surface area (Å²) >= 11 is 0. The maximum Gasteiger partial charge on any atom is 0.337 e. The minimum atomic E-state index is -1.28. The Labute approximate surface area is 182 Å². The van der Waals surface area contributed by atoms with E-state index < -0.39 is 11.4 Å². The molecule has 0 aliphatic heterocycles. The second-order valence-corrected chi connectivity index (χ2v) is 8.03. The first-order chi connectivity index (χ1) is 15.0. The van der Waals surface area contributed by atoms with Gasteiger partial charge in [-0.15, -0.1) is 0 Å². The third-order valence-electron chi connectivity index (χ3n) is 6.37. The minimum Gasteiger partial charge on any atom is -0.497 e. The van der Waals surface area contributed by atoms with Crippen molar-refractivity contribution in [3.05, 3.63) is 64.7 Å². The van der Waals surface area contributed by atoms with Crippen LogP contribution in [0.1, 0.15) is 66.1 Å².